The Balaban J connectivity index is 2.32. The molecule has 2 N–H and O–H groups in total. The number of halogens is 1. The lowest BCUT2D eigenvalue weighted by Crippen LogP contribution is -2.00. The molecular formula is C19H15FN4. The summed E-state index contributed by atoms with van der Waals surface area (Å²) in [7, 11) is 0. The summed E-state index contributed by atoms with van der Waals surface area (Å²) in [6.07, 6.45) is 0. The maximum absolute atomic E-state index is 13.6. The molecule has 0 aliphatic carbocycles. The van der Waals surface area contributed by atoms with Crippen molar-refractivity contribution in [2.24, 2.45) is 0 Å². The summed E-state index contributed by atoms with van der Waals surface area (Å²) < 4.78 is 13.6. The van der Waals surface area contributed by atoms with E-state index >= 15 is 0 Å². The first kappa shape index (κ1) is 15.6. The van der Waals surface area contributed by atoms with Gasteiger partial charge in [0.15, 0.2) is 0 Å². The first-order valence-electron chi connectivity index (χ1n) is 7.40. The van der Waals surface area contributed by atoms with Gasteiger partial charge in [0.05, 0.1) is 11.3 Å². The van der Waals surface area contributed by atoms with Crippen LogP contribution in [-0.2, 0) is 0 Å². The minimum absolute atomic E-state index is 0.128. The van der Waals surface area contributed by atoms with Crippen molar-refractivity contribution in [3.63, 3.8) is 0 Å². The molecule has 4 nitrogen and oxygen atoms in total. The van der Waals surface area contributed by atoms with Crippen LogP contribution in [0.2, 0.25) is 0 Å². The third kappa shape index (κ3) is 2.95. The molecule has 0 saturated carbocycles. The van der Waals surface area contributed by atoms with Crippen molar-refractivity contribution in [3.05, 3.63) is 65.2 Å². The van der Waals surface area contributed by atoms with E-state index in [1.807, 2.05) is 32.0 Å². The van der Waals surface area contributed by atoms with Crippen molar-refractivity contribution in [2.75, 3.05) is 5.73 Å². The number of nitriles is 1. The fraction of sp³-hybridized carbons (Fsp3) is 0.105. The molecule has 0 bridgehead atoms. The van der Waals surface area contributed by atoms with Crippen LogP contribution in [0.3, 0.4) is 0 Å². The Morgan fingerprint density at radius 1 is 1.00 bits per heavy atom. The van der Waals surface area contributed by atoms with E-state index in [0.717, 1.165) is 22.5 Å². The fourth-order valence-electron chi connectivity index (χ4n) is 2.68. The number of hydrogen-bond donors (Lipinski definition) is 1. The lowest BCUT2D eigenvalue weighted by Gasteiger charge is -2.13. The Hall–Kier alpha value is -3.26. The van der Waals surface area contributed by atoms with Crippen LogP contribution >= 0.6 is 0 Å². The Morgan fingerprint density at radius 3 is 2.33 bits per heavy atom. The number of nitrogens with zero attached hydrogens (tertiary/aromatic N) is 3. The van der Waals surface area contributed by atoms with E-state index in [0.29, 0.717) is 11.3 Å². The van der Waals surface area contributed by atoms with Crippen LogP contribution in [0.4, 0.5) is 10.2 Å². The third-order valence-corrected chi connectivity index (χ3v) is 3.66. The van der Waals surface area contributed by atoms with E-state index in [2.05, 4.69) is 9.97 Å². The van der Waals surface area contributed by atoms with Gasteiger partial charge in [-0.1, -0.05) is 12.1 Å². The van der Waals surface area contributed by atoms with E-state index in [9.17, 15) is 9.65 Å². The molecule has 0 aliphatic rings. The molecule has 0 aliphatic heterocycles. The Bertz CT molecular complexity index is 953. The molecule has 0 radical (unpaired) electrons. The summed E-state index contributed by atoms with van der Waals surface area (Å²) in [6.45, 7) is 3.79. The van der Waals surface area contributed by atoms with Crippen LogP contribution in [0.5, 0.6) is 0 Å². The molecular weight excluding hydrogens is 303 g/mol. The van der Waals surface area contributed by atoms with Crippen molar-refractivity contribution in [2.45, 2.75) is 13.8 Å². The van der Waals surface area contributed by atoms with Gasteiger partial charge < -0.3 is 5.73 Å². The highest BCUT2D eigenvalue weighted by Gasteiger charge is 2.15. The van der Waals surface area contributed by atoms with Crippen LogP contribution < -0.4 is 5.73 Å². The van der Waals surface area contributed by atoms with E-state index in [-0.39, 0.29) is 17.2 Å². The van der Waals surface area contributed by atoms with Crippen LogP contribution in [0, 0.1) is 31.0 Å². The minimum Gasteiger partial charge on any atom is -0.383 e. The molecule has 2 heterocycles. The second kappa shape index (κ2) is 6.09. The van der Waals surface area contributed by atoms with E-state index in [1.165, 1.54) is 12.1 Å². The molecule has 0 unspecified atom stereocenters. The number of anilines is 1. The van der Waals surface area contributed by atoms with Gasteiger partial charge in [0.25, 0.3) is 0 Å². The van der Waals surface area contributed by atoms with E-state index in [4.69, 9.17) is 5.73 Å². The van der Waals surface area contributed by atoms with Gasteiger partial charge in [-0.25, -0.2) is 9.37 Å². The van der Waals surface area contributed by atoms with Gasteiger partial charge in [-0.3, -0.25) is 4.98 Å². The highest BCUT2D eigenvalue weighted by Crippen LogP contribution is 2.33. The lowest BCUT2D eigenvalue weighted by molar-refractivity contribution is 0.628. The molecule has 5 heteroatoms. The van der Waals surface area contributed by atoms with E-state index in [1.54, 1.807) is 18.2 Å². The fourth-order valence-corrected chi connectivity index (χ4v) is 2.68. The molecule has 3 rings (SSSR count). The molecule has 118 valence electrons. The van der Waals surface area contributed by atoms with Crippen LogP contribution in [0.15, 0.2) is 42.5 Å². The van der Waals surface area contributed by atoms with Crippen molar-refractivity contribution in [1.29, 1.82) is 5.26 Å². The van der Waals surface area contributed by atoms with Crippen molar-refractivity contribution in [1.82, 2.24) is 9.97 Å². The average Bonchev–Trinajstić information content (AvgIpc) is 2.53. The molecule has 0 amide bonds. The van der Waals surface area contributed by atoms with Crippen LogP contribution in [-0.4, -0.2) is 9.97 Å². The van der Waals surface area contributed by atoms with Crippen molar-refractivity contribution < 1.29 is 4.39 Å². The van der Waals surface area contributed by atoms with Gasteiger partial charge in [0.1, 0.15) is 17.7 Å². The zero-order valence-corrected chi connectivity index (χ0v) is 13.3. The first-order chi connectivity index (χ1) is 11.5. The predicted molar refractivity (Wildman–Crippen MR) is 91.5 cm³/mol. The standard InChI is InChI=1S/C19H15FN4/c1-11-6-14(7-12(2)23-11)17-9-15(10-21)19(22)24-18(17)13-4-3-5-16(20)8-13/h3-9H,1-2H3,(H2,22,24). The topological polar surface area (TPSA) is 75.6 Å². The molecule has 1 aromatic carbocycles. The summed E-state index contributed by atoms with van der Waals surface area (Å²) in [6, 6.07) is 13.7. The van der Waals surface area contributed by atoms with Gasteiger partial charge in [-0.2, -0.15) is 5.26 Å². The number of nitrogen functional groups attached to an aromatic ring is 1. The molecule has 0 fully saturated rings. The van der Waals surface area contributed by atoms with Crippen molar-refractivity contribution >= 4 is 5.82 Å². The van der Waals surface area contributed by atoms with Gasteiger partial charge in [-0.15, -0.1) is 0 Å². The van der Waals surface area contributed by atoms with Crippen LogP contribution in [0.1, 0.15) is 17.0 Å². The maximum Gasteiger partial charge on any atom is 0.142 e. The first-order valence-corrected chi connectivity index (χ1v) is 7.40. The number of hydrogen-bond acceptors (Lipinski definition) is 4. The monoisotopic (exact) mass is 318 g/mol. The number of pyridine rings is 2. The second-order valence-electron chi connectivity index (χ2n) is 5.58. The number of aromatic nitrogens is 2. The zero-order valence-electron chi connectivity index (χ0n) is 13.3. The van der Waals surface area contributed by atoms with Crippen molar-refractivity contribution in [3.8, 4) is 28.5 Å². The summed E-state index contributed by atoms with van der Waals surface area (Å²) in [5, 5.41) is 9.26. The number of aryl methyl sites for hydroxylation is 2. The summed E-state index contributed by atoms with van der Waals surface area (Å²) in [5.41, 5.74) is 10.6. The summed E-state index contributed by atoms with van der Waals surface area (Å²) in [5.74, 6) is -0.228. The highest BCUT2D eigenvalue weighted by molar-refractivity contribution is 5.83. The zero-order chi connectivity index (χ0) is 17.3. The molecule has 24 heavy (non-hydrogen) atoms. The SMILES string of the molecule is Cc1cc(-c2cc(C#N)c(N)nc2-c2cccc(F)c2)cc(C)n1. The summed E-state index contributed by atoms with van der Waals surface area (Å²) in [4.78, 5) is 8.73. The largest absolute Gasteiger partial charge is 0.383 e. The quantitative estimate of drug-likeness (QED) is 0.774. The van der Waals surface area contributed by atoms with Crippen LogP contribution in [0.25, 0.3) is 22.4 Å². The smallest absolute Gasteiger partial charge is 0.142 e. The average molecular weight is 318 g/mol. The number of rotatable bonds is 2. The van der Waals surface area contributed by atoms with Gasteiger partial charge in [0, 0.05) is 22.5 Å². The normalized spacial score (nSPS) is 10.4. The number of benzene rings is 1. The Morgan fingerprint density at radius 2 is 1.71 bits per heavy atom. The van der Waals surface area contributed by atoms with Gasteiger partial charge in [0.2, 0.25) is 0 Å². The molecule has 3 aromatic rings. The predicted octanol–water partition coefficient (Wildman–Crippen LogP) is 4.02. The molecule has 0 saturated heterocycles. The van der Waals surface area contributed by atoms with Gasteiger partial charge in [-0.05, 0) is 49.7 Å². The third-order valence-electron chi connectivity index (χ3n) is 3.66. The Labute approximate surface area is 139 Å². The Kier molecular flexibility index (Phi) is 3.97. The minimum atomic E-state index is -0.356. The second-order valence-corrected chi connectivity index (χ2v) is 5.58. The molecule has 2 aromatic heterocycles. The van der Waals surface area contributed by atoms with E-state index < -0.39 is 0 Å². The van der Waals surface area contributed by atoms with Gasteiger partial charge >= 0.3 is 0 Å². The lowest BCUT2D eigenvalue weighted by atomic mass is 9.97. The highest BCUT2D eigenvalue weighted by atomic mass is 19.1. The maximum atomic E-state index is 13.6. The molecule has 0 spiro atoms. The molecule has 0 atom stereocenters. The summed E-state index contributed by atoms with van der Waals surface area (Å²) >= 11 is 0. The number of nitrogens with two attached hydrogens (primary N) is 1.